The largest absolute Gasteiger partial charge is 0.383 e. The van der Waals surface area contributed by atoms with Crippen molar-refractivity contribution in [3.8, 4) is 0 Å². The van der Waals surface area contributed by atoms with Gasteiger partial charge in [-0.25, -0.2) is 0 Å². The van der Waals surface area contributed by atoms with E-state index in [2.05, 4.69) is 5.32 Å². The van der Waals surface area contributed by atoms with Gasteiger partial charge in [-0.2, -0.15) is 0 Å². The Kier molecular flexibility index (Phi) is 6.30. The van der Waals surface area contributed by atoms with E-state index in [1.807, 2.05) is 59.5 Å². The van der Waals surface area contributed by atoms with Crippen LogP contribution in [-0.4, -0.2) is 42.7 Å². The molecule has 2 amide bonds. The van der Waals surface area contributed by atoms with Crippen LogP contribution in [0, 0.1) is 0 Å². The van der Waals surface area contributed by atoms with Crippen LogP contribution in [0.25, 0.3) is 0 Å². The summed E-state index contributed by atoms with van der Waals surface area (Å²) in [6.07, 6.45) is 0. The molecule has 1 saturated heterocycles. The Balaban J connectivity index is 1.69. The van der Waals surface area contributed by atoms with Crippen LogP contribution < -0.4 is 5.32 Å². The summed E-state index contributed by atoms with van der Waals surface area (Å²) in [5, 5.41) is 2.78. The first kappa shape index (κ1) is 18.5. The van der Waals surface area contributed by atoms with Crippen molar-refractivity contribution in [3.05, 3.63) is 71.3 Å². The predicted octanol–water partition coefficient (Wildman–Crippen LogP) is 2.84. The normalized spacial score (nSPS) is 16.7. The molecule has 0 saturated carbocycles. The Morgan fingerprint density at radius 2 is 1.92 bits per heavy atom. The van der Waals surface area contributed by atoms with Crippen LogP contribution in [0.3, 0.4) is 0 Å². The van der Waals surface area contributed by atoms with Gasteiger partial charge in [-0.15, -0.1) is 11.8 Å². The smallest absolute Gasteiger partial charge is 0.251 e. The maximum atomic E-state index is 12.3. The first-order chi connectivity index (χ1) is 12.7. The number of carbonyl (C=O) groups excluding carboxylic acids is 2. The molecular weight excluding hydrogens is 348 g/mol. The monoisotopic (exact) mass is 370 g/mol. The van der Waals surface area contributed by atoms with Crippen molar-refractivity contribution in [2.24, 2.45) is 0 Å². The van der Waals surface area contributed by atoms with Crippen LogP contribution in [0.5, 0.6) is 0 Å². The van der Waals surface area contributed by atoms with Crippen molar-refractivity contribution in [2.45, 2.75) is 11.9 Å². The van der Waals surface area contributed by atoms with Gasteiger partial charge in [0.05, 0.1) is 12.4 Å². The first-order valence-electron chi connectivity index (χ1n) is 8.51. The summed E-state index contributed by atoms with van der Waals surface area (Å²) in [7, 11) is 1.60. The number of hydrogen-bond donors (Lipinski definition) is 1. The number of hydrogen-bond acceptors (Lipinski definition) is 4. The number of ether oxygens (including phenoxy) is 1. The van der Waals surface area contributed by atoms with E-state index in [1.165, 1.54) is 0 Å². The van der Waals surface area contributed by atoms with E-state index < -0.39 is 0 Å². The molecule has 1 heterocycles. The molecule has 1 atom stereocenters. The molecule has 1 fully saturated rings. The third-order valence-electron chi connectivity index (χ3n) is 4.21. The van der Waals surface area contributed by atoms with E-state index in [4.69, 9.17) is 4.74 Å². The third kappa shape index (κ3) is 4.45. The lowest BCUT2D eigenvalue weighted by atomic mass is 10.1. The van der Waals surface area contributed by atoms with Gasteiger partial charge in [0.25, 0.3) is 5.91 Å². The summed E-state index contributed by atoms with van der Waals surface area (Å²) in [5.41, 5.74) is 2.75. The van der Waals surface area contributed by atoms with Crippen molar-refractivity contribution in [2.75, 3.05) is 26.0 Å². The second-order valence-electron chi connectivity index (χ2n) is 6.04. The molecular formula is C20H22N2O3S. The maximum absolute atomic E-state index is 12.3. The highest BCUT2D eigenvalue weighted by Crippen LogP contribution is 2.39. The number of methoxy groups -OCH3 is 1. The minimum atomic E-state index is -0.120. The van der Waals surface area contributed by atoms with Gasteiger partial charge in [-0.1, -0.05) is 42.5 Å². The van der Waals surface area contributed by atoms with Gasteiger partial charge in [-0.05, 0) is 23.3 Å². The van der Waals surface area contributed by atoms with Crippen LogP contribution in [-0.2, 0) is 16.1 Å². The quantitative estimate of drug-likeness (QED) is 0.762. The Morgan fingerprint density at radius 3 is 2.62 bits per heavy atom. The fourth-order valence-electron chi connectivity index (χ4n) is 2.85. The van der Waals surface area contributed by atoms with Crippen LogP contribution in [0.15, 0.2) is 54.6 Å². The van der Waals surface area contributed by atoms with E-state index in [-0.39, 0.29) is 17.2 Å². The predicted molar refractivity (Wildman–Crippen MR) is 103 cm³/mol. The van der Waals surface area contributed by atoms with E-state index in [0.29, 0.717) is 31.0 Å². The zero-order chi connectivity index (χ0) is 18.4. The van der Waals surface area contributed by atoms with E-state index in [1.54, 1.807) is 18.9 Å². The van der Waals surface area contributed by atoms with E-state index in [0.717, 1.165) is 11.1 Å². The highest BCUT2D eigenvalue weighted by molar-refractivity contribution is 8.00. The first-order valence-corrected chi connectivity index (χ1v) is 9.56. The number of benzene rings is 2. The maximum Gasteiger partial charge on any atom is 0.251 e. The molecule has 0 radical (unpaired) electrons. The van der Waals surface area contributed by atoms with Gasteiger partial charge in [0, 0.05) is 25.8 Å². The molecule has 1 aliphatic heterocycles. The fourth-order valence-corrected chi connectivity index (χ4v) is 4.04. The Labute approximate surface area is 157 Å². The number of amides is 2. The average Bonchev–Trinajstić information content (AvgIpc) is 3.03. The standard InChI is InChI=1S/C20H22N2O3S/c1-25-12-11-21-19(24)16-7-9-17(10-8-16)20-22(18(23)14-26-20)13-15-5-3-2-4-6-15/h2-10,20H,11-14H2,1H3,(H,21,24). The molecule has 2 aromatic carbocycles. The number of thioether (sulfide) groups is 1. The number of nitrogens with one attached hydrogen (secondary N) is 1. The molecule has 0 aliphatic carbocycles. The molecule has 0 spiro atoms. The van der Waals surface area contributed by atoms with Crippen LogP contribution in [0.2, 0.25) is 0 Å². The molecule has 1 unspecified atom stereocenters. The highest BCUT2D eigenvalue weighted by Gasteiger charge is 2.32. The summed E-state index contributed by atoms with van der Waals surface area (Å²) < 4.78 is 4.93. The van der Waals surface area contributed by atoms with E-state index >= 15 is 0 Å². The molecule has 5 nitrogen and oxygen atoms in total. The Morgan fingerprint density at radius 1 is 1.19 bits per heavy atom. The summed E-state index contributed by atoms with van der Waals surface area (Å²) in [4.78, 5) is 26.3. The van der Waals surface area contributed by atoms with Crippen molar-refractivity contribution < 1.29 is 14.3 Å². The molecule has 1 N–H and O–H groups in total. The molecule has 136 valence electrons. The summed E-state index contributed by atoms with van der Waals surface area (Å²) >= 11 is 1.62. The van der Waals surface area contributed by atoms with Gasteiger partial charge in [0.1, 0.15) is 5.37 Å². The lowest BCUT2D eigenvalue weighted by Gasteiger charge is -2.24. The molecule has 1 aliphatic rings. The van der Waals surface area contributed by atoms with Gasteiger partial charge in [0.15, 0.2) is 0 Å². The second kappa shape index (κ2) is 8.87. The number of rotatable bonds is 7. The summed E-state index contributed by atoms with van der Waals surface area (Å²) in [6, 6.07) is 17.5. The van der Waals surface area contributed by atoms with Crippen LogP contribution >= 0.6 is 11.8 Å². The molecule has 2 aromatic rings. The van der Waals surface area contributed by atoms with Crippen LogP contribution in [0.4, 0.5) is 0 Å². The molecule has 0 bridgehead atoms. The highest BCUT2D eigenvalue weighted by atomic mass is 32.2. The minimum absolute atomic E-state index is 0.0201. The van der Waals surface area contributed by atoms with Crippen LogP contribution in [0.1, 0.15) is 26.9 Å². The lowest BCUT2D eigenvalue weighted by Crippen LogP contribution is -2.28. The topological polar surface area (TPSA) is 58.6 Å². The van der Waals surface area contributed by atoms with Gasteiger partial charge in [0.2, 0.25) is 5.91 Å². The van der Waals surface area contributed by atoms with E-state index in [9.17, 15) is 9.59 Å². The fraction of sp³-hybridized carbons (Fsp3) is 0.300. The van der Waals surface area contributed by atoms with Crippen molar-refractivity contribution in [1.82, 2.24) is 10.2 Å². The van der Waals surface area contributed by atoms with Gasteiger partial charge >= 0.3 is 0 Å². The Hall–Kier alpha value is -2.31. The lowest BCUT2D eigenvalue weighted by molar-refractivity contribution is -0.128. The average molecular weight is 370 g/mol. The SMILES string of the molecule is COCCNC(=O)c1ccc(C2SCC(=O)N2Cc2ccccc2)cc1. The zero-order valence-electron chi connectivity index (χ0n) is 14.7. The third-order valence-corrected chi connectivity index (χ3v) is 5.47. The molecule has 0 aromatic heterocycles. The molecule has 3 rings (SSSR count). The summed E-state index contributed by atoms with van der Waals surface area (Å²) in [6.45, 7) is 1.56. The van der Waals surface area contributed by atoms with Crippen molar-refractivity contribution >= 4 is 23.6 Å². The minimum Gasteiger partial charge on any atom is -0.383 e. The number of nitrogens with zero attached hydrogens (tertiary/aromatic N) is 1. The Bertz CT molecular complexity index is 749. The number of carbonyl (C=O) groups is 2. The summed E-state index contributed by atoms with van der Waals surface area (Å²) in [5.74, 6) is 0.506. The molecule has 26 heavy (non-hydrogen) atoms. The van der Waals surface area contributed by atoms with Crippen molar-refractivity contribution in [3.63, 3.8) is 0 Å². The second-order valence-corrected chi connectivity index (χ2v) is 7.11. The van der Waals surface area contributed by atoms with Crippen molar-refractivity contribution in [1.29, 1.82) is 0 Å². The molecule has 6 heteroatoms. The van der Waals surface area contributed by atoms with Gasteiger partial charge < -0.3 is 15.0 Å². The van der Waals surface area contributed by atoms with Gasteiger partial charge in [-0.3, -0.25) is 9.59 Å². The zero-order valence-corrected chi connectivity index (χ0v) is 15.5.